The molecule has 0 aliphatic rings. The maximum absolute atomic E-state index is 5.70. The average molecular weight is 219 g/mol. The van der Waals surface area contributed by atoms with Gasteiger partial charge in [-0.25, -0.2) is 0 Å². The van der Waals surface area contributed by atoms with Gasteiger partial charge in [0.25, 0.3) is 0 Å². The molecule has 0 aliphatic carbocycles. The Labute approximate surface area is 93.3 Å². The van der Waals surface area contributed by atoms with Gasteiger partial charge in [0.05, 0.1) is 0 Å². The molecule has 0 fully saturated rings. The minimum absolute atomic E-state index is 0.605. The third-order valence-electron chi connectivity index (χ3n) is 2.19. The topological polar surface area (TPSA) is 35.2 Å². The summed E-state index contributed by atoms with van der Waals surface area (Å²) in [6, 6.07) is 7.78. The molecule has 78 valence electrons. The van der Waals surface area contributed by atoms with Crippen molar-refractivity contribution in [3.8, 4) is 5.75 Å². The third-order valence-corrected chi connectivity index (χ3v) is 2.92. The quantitative estimate of drug-likeness (QED) is 0.804. The molecule has 0 bridgehead atoms. The molecule has 2 nitrogen and oxygen atoms in total. The summed E-state index contributed by atoms with van der Waals surface area (Å²) in [4.78, 5) is 0. The molecule has 1 heterocycles. The summed E-state index contributed by atoms with van der Waals surface area (Å²) in [5.74, 6) is 0.862. The monoisotopic (exact) mass is 219 g/mol. The van der Waals surface area contributed by atoms with E-state index in [9.17, 15) is 0 Å². The first-order valence-electron chi connectivity index (χ1n) is 4.76. The van der Waals surface area contributed by atoms with Crippen molar-refractivity contribution in [1.82, 2.24) is 0 Å². The van der Waals surface area contributed by atoms with Crippen LogP contribution in [0.4, 0.5) is 5.69 Å². The van der Waals surface area contributed by atoms with E-state index < -0.39 is 0 Å². The zero-order valence-electron chi connectivity index (χ0n) is 8.57. The molecule has 1 aromatic heterocycles. The van der Waals surface area contributed by atoms with Crippen LogP contribution in [-0.2, 0) is 6.61 Å². The van der Waals surface area contributed by atoms with Crippen molar-refractivity contribution in [2.75, 3.05) is 5.73 Å². The zero-order valence-corrected chi connectivity index (χ0v) is 9.38. The van der Waals surface area contributed by atoms with Crippen LogP contribution in [0.2, 0.25) is 0 Å². The second-order valence-electron chi connectivity index (χ2n) is 3.45. The van der Waals surface area contributed by atoms with Crippen molar-refractivity contribution in [3.05, 3.63) is 46.2 Å². The van der Waals surface area contributed by atoms with Crippen molar-refractivity contribution >= 4 is 17.0 Å². The van der Waals surface area contributed by atoms with E-state index in [4.69, 9.17) is 10.5 Å². The Balaban J connectivity index is 2.07. The van der Waals surface area contributed by atoms with Crippen LogP contribution in [0, 0.1) is 6.92 Å². The fourth-order valence-corrected chi connectivity index (χ4v) is 1.96. The van der Waals surface area contributed by atoms with E-state index in [1.54, 1.807) is 11.3 Å². The Morgan fingerprint density at radius 2 is 2.20 bits per heavy atom. The summed E-state index contributed by atoms with van der Waals surface area (Å²) >= 11 is 1.68. The van der Waals surface area contributed by atoms with Crippen LogP contribution >= 0.6 is 11.3 Å². The number of nitrogen functional groups attached to an aromatic ring is 1. The predicted octanol–water partition coefficient (Wildman–Crippen LogP) is 3.22. The second-order valence-corrected chi connectivity index (χ2v) is 4.23. The molecule has 0 saturated carbocycles. The van der Waals surface area contributed by atoms with Crippen molar-refractivity contribution in [1.29, 1.82) is 0 Å². The van der Waals surface area contributed by atoms with E-state index in [0.717, 1.165) is 17.0 Å². The van der Waals surface area contributed by atoms with Crippen molar-refractivity contribution in [3.63, 3.8) is 0 Å². The molecule has 0 aliphatic heterocycles. The zero-order chi connectivity index (χ0) is 10.7. The lowest BCUT2D eigenvalue weighted by Gasteiger charge is -2.08. The Kier molecular flexibility index (Phi) is 2.92. The lowest BCUT2D eigenvalue weighted by molar-refractivity contribution is 0.305. The van der Waals surface area contributed by atoms with E-state index in [-0.39, 0.29) is 0 Å². The Bertz CT molecular complexity index is 437. The Hall–Kier alpha value is -1.48. The van der Waals surface area contributed by atoms with Gasteiger partial charge in [0, 0.05) is 11.8 Å². The van der Waals surface area contributed by atoms with Crippen molar-refractivity contribution < 1.29 is 4.74 Å². The van der Waals surface area contributed by atoms with E-state index in [1.165, 1.54) is 5.56 Å². The molecule has 0 saturated heterocycles. The minimum atomic E-state index is 0.605. The number of thiophene rings is 1. The number of nitrogens with two attached hydrogens (primary N) is 1. The van der Waals surface area contributed by atoms with E-state index in [1.807, 2.05) is 30.5 Å². The average Bonchev–Trinajstić information content (AvgIpc) is 2.72. The summed E-state index contributed by atoms with van der Waals surface area (Å²) in [5.41, 5.74) is 8.74. The molecule has 0 amide bonds. The summed E-state index contributed by atoms with van der Waals surface area (Å²) in [6.45, 7) is 2.62. The van der Waals surface area contributed by atoms with Crippen molar-refractivity contribution in [2.24, 2.45) is 0 Å². The SMILES string of the molecule is Cc1ccc(N)cc1OCc1ccsc1. The smallest absolute Gasteiger partial charge is 0.124 e. The highest BCUT2D eigenvalue weighted by atomic mass is 32.1. The van der Waals surface area contributed by atoms with E-state index in [2.05, 4.69) is 11.4 Å². The van der Waals surface area contributed by atoms with Crippen LogP contribution < -0.4 is 10.5 Å². The molecule has 3 heteroatoms. The standard InChI is InChI=1S/C12H13NOS/c1-9-2-3-11(13)6-12(9)14-7-10-4-5-15-8-10/h2-6,8H,7,13H2,1H3. The first-order valence-corrected chi connectivity index (χ1v) is 5.70. The van der Waals surface area contributed by atoms with Crippen LogP contribution in [0.25, 0.3) is 0 Å². The molecular formula is C12H13NOS. The number of rotatable bonds is 3. The highest BCUT2D eigenvalue weighted by molar-refractivity contribution is 7.07. The van der Waals surface area contributed by atoms with Crippen LogP contribution in [0.3, 0.4) is 0 Å². The van der Waals surface area contributed by atoms with Crippen LogP contribution in [0.5, 0.6) is 5.75 Å². The fraction of sp³-hybridized carbons (Fsp3) is 0.167. The predicted molar refractivity (Wildman–Crippen MR) is 64.2 cm³/mol. The van der Waals surface area contributed by atoms with Crippen LogP contribution in [-0.4, -0.2) is 0 Å². The van der Waals surface area contributed by atoms with Crippen molar-refractivity contribution in [2.45, 2.75) is 13.5 Å². The number of hydrogen-bond donors (Lipinski definition) is 1. The first-order chi connectivity index (χ1) is 7.25. The summed E-state index contributed by atoms with van der Waals surface area (Å²) in [7, 11) is 0. The Morgan fingerprint density at radius 1 is 1.33 bits per heavy atom. The lowest BCUT2D eigenvalue weighted by atomic mass is 10.2. The molecule has 2 rings (SSSR count). The van der Waals surface area contributed by atoms with Gasteiger partial charge in [-0.05, 0) is 40.9 Å². The molecule has 0 atom stereocenters. The second kappa shape index (κ2) is 4.36. The number of benzene rings is 1. The fourth-order valence-electron chi connectivity index (χ4n) is 1.31. The molecule has 0 spiro atoms. The molecule has 0 radical (unpaired) electrons. The summed E-state index contributed by atoms with van der Waals surface area (Å²) in [6.07, 6.45) is 0. The minimum Gasteiger partial charge on any atom is -0.489 e. The molecule has 2 aromatic rings. The maximum atomic E-state index is 5.70. The maximum Gasteiger partial charge on any atom is 0.124 e. The largest absolute Gasteiger partial charge is 0.489 e. The van der Waals surface area contributed by atoms with Crippen LogP contribution in [0.1, 0.15) is 11.1 Å². The van der Waals surface area contributed by atoms with Gasteiger partial charge < -0.3 is 10.5 Å². The number of anilines is 1. The highest BCUT2D eigenvalue weighted by Gasteiger charge is 2.00. The van der Waals surface area contributed by atoms with Gasteiger partial charge in [-0.3, -0.25) is 0 Å². The molecule has 15 heavy (non-hydrogen) atoms. The van der Waals surface area contributed by atoms with E-state index in [0.29, 0.717) is 6.61 Å². The molecule has 0 unspecified atom stereocenters. The number of aryl methyl sites for hydroxylation is 1. The normalized spacial score (nSPS) is 10.2. The van der Waals surface area contributed by atoms with Gasteiger partial charge in [-0.2, -0.15) is 11.3 Å². The van der Waals surface area contributed by atoms with Gasteiger partial charge in [-0.1, -0.05) is 6.07 Å². The summed E-state index contributed by atoms with van der Waals surface area (Å²) < 4.78 is 5.69. The number of hydrogen-bond acceptors (Lipinski definition) is 3. The first kappa shape index (κ1) is 10.1. The number of ether oxygens (including phenoxy) is 1. The van der Waals surface area contributed by atoms with Gasteiger partial charge >= 0.3 is 0 Å². The van der Waals surface area contributed by atoms with Gasteiger partial charge in [0.1, 0.15) is 12.4 Å². The molecule has 1 aromatic carbocycles. The summed E-state index contributed by atoms with van der Waals surface area (Å²) in [5, 5.41) is 4.13. The van der Waals surface area contributed by atoms with Gasteiger partial charge in [0.15, 0.2) is 0 Å². The van der Waals surface area contributed by atoms with E-state index >= 15 is 0 Å². The molecular weight excluding hydrogens is 206 g/mol. The van der Waals surface area contributed by atoms with Gasteiger partial charge in [-0.15, -0.1) is 0 Å². The highest BCUT2D eigenvalue weighted by Crippen LogP contribution is 2.22. The lowest BCUT2D eigenvalue weighted by Crippen LogP contribution is -1.96. The molecule has 2 N–H and O–H groups in total. The van der Waals surface area contributed by atoms with Gasteiger partial charge in [0.2, 0.25) is 0 Å². The Morgan fingerprint density at radius 3 is 2.93 bits per heavy atom. The third kappa shape index (κ3) is 2.50. The van der Waals surface area contributed by atoms with Crippen LogP contribution in [0.15, 0.2) is 35.0 Å².